The van der Waals surface area contributed by atoms with E-state index in [1.807, 2.05) is 0 Å². The van der Waals surface area contributed by atoms with Crippen molar-refractivity contribution in [2.75, 3.05) is 23.8 Å². The van der Waals surface area contributed by atoms with Crippen molar-refractivity contribution in [1.29, 1.82) is 0 Å². The third-order valence-electron chi connectivity index (χ3n) is 5.20. The average molecular weight is 464 g/mol. The SMILES string of the molecule is CCCCCOc1ccc(C(=O)Nc2ccc(NC(=O)C3CCCO3)cc2C(F)(F)F)cc1. The number of rotatable bonds is 9. The van der Waals surface area contributed by atoms with Crippen LogP contribution in [-0.4, -0.2) is 31.1 Å². The summed E-state index contributed by atoms with van der Waals surface area (Å²) in [5.74, 6) is -0.589. The molecule has 178 valence electrons. The lowest BCUT2D eigenvalue weighted by atomic mass is 10.1. The Balaban J connectivity index is 1.68. The molecule has 1 heterocycles. The molecule has 0 bridgehead atoms. The summed E-state index contributed by atoms with van der Waals surface area (Å²) in [7, 11) is 0. The van der Waals surface area contributed by atoms with Gasteiger partial charge in [-0.05, 0) is 61.7 Å². The molecule has 1 unspecified atom stereocenters. The van der Waals surface area contributed by atoms with Gasteiger partial charge in [0.15, 0.2) is 0 Å². The summed E-state index contributed by atoms with van der Waals surface area (Å²) in [6.07, 6.45) is -1.11. The van der Waals surface area contributed by atoms with Crippen molar-refractivity contribution in [1.82, 2.24) is 0 Å². The van der Waals surface area contributed by atoms with Crippen LogP contribution in [-0.2, 0) is 15.7 Å². The van der Waals surface area contributed by atoms with Crippen LogP contribution in [0.1, 0.15) is 54.9 Å². The average Bonchev–Trinajstić information content (AvgIpc) is 3.33. The maximum Gasteiger partial charge on any atom is 0.418 e. The molecule has 6 nitrogen and oxygen atoms in total. The third kappa shape index (κ3) is 6.95. The van der Waals surface area contributed by atoms with E-state index in [2.05, 4.69) is 17.6 Å². The molecule has 1 saturated heterocycles. The summed E-state index contributed by atoms with van der Waals surface area (Å²) in [4.78, 5) is 24.7. The number of anilines is 2. The molecule has 0 saturated carbocycles. The molecule has 9 heteroatoms. The summed E-state index contributed by atoms with van der Waals surface area (Å²) in [5.41, 5.74) is -1.29. The molecule has 1 fully saturated rings. The van der Waals surface area contributed by atoms with Crippen LogP contribution in [0.15, 0.2) is 42.5 Å². The lowest BCUT2D eigenvalue weighted by molar-refractivity contribution is -0.137. The molecule has 3 rings (SSSR count). The van der Waals surface area contributed by atoms with Gasteiger partial charge in [-0.25, -0.2) is 0 Å². The number of amides is 2. The number of carbonyl (C=O) groups excluding carboxylic acids is 2. The van der Waals surface area contributed by atoms with Gasteiger partial charge < -0.3 is 20.1 Å². The highest BCUT2D eigenvalue weighted by Crippen LogP contribution is 2.37. The van der Waals surface area contributed by atoms with E-state index in [4.69, 9.17) is 9.47 Å². The van der Waals surface area contributed by atoms with Crippen molar-refractivity contribution in [2.45, 2.75) is 51.3 Å². The zero-order valence-corrected chi connectivity index (χ0v) is 18.3. The summed E-state index contributed by atoms with van der Waals surface area (Å²) in [6.45, 7) is 3.10. The fourth-order valence-electron chi connectivity index (χ4n) is 3.41. The fraction of sp³-hybridized carbons (Fsp3) is 0.417. The molecule has 1 aliphatic heterocycles. The molecule has 1 aliphatic rings. The maximum absolute atomic E-state index is 13.6. The highest BCUT2D eigenvalue weighted by molar-refractivity contribution is 6.05. The molecule has 2 aromatic carbocycles. The van der Waals surface area contributed by atoms with E-state index in [1.54, 1.807) is 12.1 Å². The van der Waals surface area contributed by atoms with Crippen molar-refractivity contribution >= 4 is 23.2 Å². The van der Waals surface area contributed by atoms with Crippen LogP contribution in [0.5, 0.6) is 5.75 Å². The predicted octanol–water partition coefficient (Wildman–Crippen LogP) is 5.64. The number of halogens is 3. The van der Waals surface area contributed by atoms with Gasteiger partial charge in [0.05, 0.1) is 17.9 Å². The summed E-state index contributed by atoms with van der Waals surface area (Å²) >= 11 is 0. The van der Waals surface area contributed by atoms with Crippen molar-refractivity contribution in [3.63, 3.8) is 0 Å². The van der Waals surface area contributed by atoms with Crippen LogP contribution in [0.2, 0.25) is 0 Å². The first kappa shape index (κ1) is 24.6. The first-order valence-corrected chi connectivity index (χ1v) is 11.0. The van der Waals surface area contributed by atoms with Gasteiger partial charge >= 0.3 is 6.18 Å². The standard InChI is InChI=1S/C24H27F3N2O4/c1-2-3-4-13-32-18-10-7-16(8-11-18)22(30)29-20-12-9-17(15-19(20)24(25,26)27)28-23(31)21-6-5-14-33-21/h7-12,15,21H,2-6,13-14H2,1H3,(H,28,31)(H,29,30). The van der Waals surface area contributed by atoms with Crippen LogP contribution >= 0.6 is 0 Å². The number of hydrogen-bond donors (Lipinski definition) is 2. The molecular weight excluding hydrogens is 437 g/mol. The van der Waals surface area contributed by atoms with Crippen molar-refractivity contribution in [2.24, 2.45) is 0 Å². The zero-order valence-electron chi connectivity index (χ0n) is 18.3. The Hall–Kier alpha value is -3.07. The van der Waals surface area contributed by atoms with Gasteiger partial charge in [-0.1, -0.05) is 19.8 Å². The summed E-state index contributed by atoms with van der Waals surface area (Å²) in [5, 5.41) is 4.76. The Labute approximate surface area is 190 Å². The van der Waals surface area contributed by atoms with Crippen molar-refractivity contribution in [3.05, 3.63) is 53.6 Å². The van der Waals surface area contributed by atoms with Gasteiger partial charge in [-0.2, -0.15) is 13.2 Å². The van der Waals surface area contributed by atoms with Gasteiger partial charge in [0.25, 0.3) is 11.8 Å². The zero-order chi connectivity index (χ0) is 23.8. The van der Waals surface area contributed by atoms with Crippen molar-refractivity contribution < 1.29 is 32.2 Å². The highest BCUT2D eigenvalue weighted by atomic mass is 19.4. The Morgan fingerprint density at radius 3 is 2.48 bits per heavy atom. The largest absolute Gasteiger partial charge is 0.494 e. The number of ether oxygens (including phenoxy) is 2. The molecular formula is C24H27F3N2O4. The van der Waals surface area contributed by atoms with Crippen LogP contribution in [0, 0.1) is 0 Å². The molecule has 2 N–H and O–H groups in total. The van der Waals surface area contributed by atoms with E-state index in [-0.39, 0.29) is 11.3 Å². The number of unbranched alkanes of at least 4 members (excludes halogenated alkanes) is 2. The molecule has 0 spiro atoms. The molecule has 0 radical (unpaired) electrons. The first-order chi connectivity index (χ1) is 15.8. The van der Waals surface area contributed by atoms with E-state index >= 15 is 0 Å². The number of hydrogen-bond acceptors (Lipinski definition) is 4. The molecule has 1 atom stereocenters. The third-order valence-corrected chi connectivity index (χ3v) is 5.20. The van der Waals surface area contributed by atoms with E-state index in [0.29, 0.717) is 25.4 Å². The topological polar surface area (TPSA) is 76.7 Å². The first-order valence-electron chi connectivity index (χ1n) is 11.0. The second-order valence-electron chi connectivity index (χ2n) is 7.78. The Bertz CT molecular complexity index is 955. The molecule has 33 heavy (non-hydrogen) atoms. The second-order valence-corrected chi connectivity index (χ2v) is 7.78. The molecule has 0 aromatic heterocycles. The fourth-order valence-corrected chi connectivity index (χ4v) is 3.41. The van der Waals surface area contributed by atoms with E-state index in [0.717, 1.165) is 37.8 Å². The minimum absolute atomic E-state index is 0.0228. The Morgan fingerprint density at radius 1 is 1.09 bits per heavy atom. The Morgan fingerprint density at radius 2 is 1.85 bits per heavy atom. The van der Waals surface area contributed by atoms with Crippen LogP contribution in [0.3, 0.4) is 0 Å². The number of carbonyl (C=O) groups is 2. The lowest BCUT2D eigenvalue weighted by Crippen LogP contribution is -2.27. The van der Waals surface area contributed by atoms with E-state index < -0.39 is 35.3 Å². The number of benzene rings is 2. The summed E-state index contributed by atoms with van der Waals surface area (Å²) < 4.78 is 51.8. The second kappa shape index (κ2) is 11.2. The number of alkyl halides is 3. The number of nitrogens with one attached hydrogen (secondary N) is 2. The highest BCUT2D eigenvalue weighted by Gasteiger charge is 2.35. The van der Waals surface area contributed by atoms with Gasteiger partial charge in [0.2, 0.25) is 0 Å². The molecule has 0 aliphatic carbocycles. The monoisotopic (exact) mass is 464 g/mol. The molecule has 2 amide bonds. The van der Waals surface area contributed by atoms with Crippen molar-refractivity contribution in [3.8, 4) is 5.75 Å². The summed E-state index contributed by atoms with van der Waals surface area (Å²) in [6, 6.07) is 9.43. The van der Waals surface area contributed by atoms with Gasteiger partial charge in [-0.3, -0.25) is 9.59 Å². The lowest BCUT2D eigenvalue weighted by Gasteiger charge is -2.17. The van der Waals surface area contributed by atoms with Crippen LogP contribution < -0.4 is 15.4 Å². The minimum atomic E-state index is -4.73. The Kier molecular flexibility index (Phi) is 8.32. The smallest absolute Gasteiger partial charge is 0.418 e. The normalized spacial score (nSPS) is 15.8. The van der Waals surface area contributed by atoms with Gasteiger partial charge in [0.1, 0.15) is 11.9 Å². The van der Waals surface area contributed by atoms with Crippen LogP contribution in [0.4, 0.5) is 24.5 Å². The minimum Gasteiger partial charge on any atom is -0.494 e. The van der Waals surface area contributed by atoms with Gasteiger partial charge in [0, 0.05) is 17.9 Å². The maximum atomic E-state index is 13.6. The molecule has 2 aromatic rings. The van der Waals surface area contributed by atoms with E-state index in [9.17, 15) is 22.8 Å². The van der Waals surface area contributed by atoms with Gasteiger partial charge in [-0.15, -0.1) is 0 Å². The quantitative estimate of drug-likeness (QED) is 0.471. The van der Waals surface area contributed by atoms with Crippen LogP contribution in [0.25, 0.3) is 0 Å². The predicted molar refractivity (Wildman–Crippen MR) is 118 cm³/mol. The van der Waals surface area contributed by atoms with E-state index in [1.165, 1.54) is 18.2 Å².